The summed E-state index contributed by atoms with van der Waals surface area (Å²) in [5, 5.41) is 12.5. The van der Waals surface area contributed by atoms with Crippen LogP contribution in [0.2, 0.25) is 0 Å². The molecule has 0 saturated carbocycles. The topological polar surface area (TPSA) is 58.6 Å². The van der Waals surface area contributed by atoms with Gasteiger partial charge in [0.15, 0.2) is 0 Å². The highest BCUT2D eigenvalue weighted by Crippen LogP contribution is 2.15. The molecule has 0 aliphatic carbocycles. The third-order valence-electron chi connectivity index (χ3n) is 2.24. The van der Waals surface area contributed by atoms with Crippen molar-refractivity contribution in [3.8, 4) is 0 Å². The molecule has 0 aliphatic heterocycles. The van der Waals surface area contributed by atoms with Gasteiger partial charge in [-0.2, -0.15) is 0 Å². The van der Waals surface area contributed by atoms with Crippen molar-refractivity contribution in [3.63, 3.8) is 0 Å². The van der Waals surface area contributed by atoms with Gasteiger partial charge in [0.2, 0.25) is 0 Å². The average Bonchev–Trinajstić information content (AvgIpc) is 2.29. The largest absolute Gasteiger partial charge is 0.450 e. The molecule has 4 heteroatoms. The van der Waals surface area contributed by atoms with Crippen LogP contribution >= 0.6 is 0 Å². The van der Waals surface area contributed by atoms with Crippen molar-refractivity contribution in [2.45, 2.75) is 26.0 Å². The first kappa shape index (κ1) is 12.5. The minimum atomic E-state index is -0.731. The maximum Gasteiger partial charge on any atom is 0.407 e. The lowest BCUT2D eigenvalue weighted by Crippen LogP contribution is -2.37. The first-order valence-electron chi connectivity index (χ1n) is 5.31. The lowest BCUT2D eigenvalue weighted by atomic mass is 10.0. The number of aliphatic hydroxyl groups excluding tert-OH is 1. The van der Waals surface area contributed by atoms with Gasteiger partial charge in [0, 0.05) is 0 Å². The van der Waals surface area contributed by atoms with Gasteiger partial charge in [-0.1, -0.05) is 30.3 Å². The van der Waals surface area contributed by atoms with Crippen LogP contribution in [0, 0.1) is 0 Å². The number of hydrogen-bond donors (Lipinski definition) is 2. The Balaban J connectivity index is 2.54. The summed E-state index contributed by atoms with van der Waals surface area (Å²) in [7, 11) is 0. The second-order valence-corrected chi connectivity index (χ2v) is 3.51. The van der Waals surface area contributed by atoms with Crippen LogP contribution in [-0.2, 0) is 4.74 Å². The molecule has 0 unspecified atom stereocenters. The van der Waals surface area contributed by atoms with E-state index in [0.717, 1.165) is 5.56 Å². The van der Waals surface area contributed by atoms with Crippen molar-refractivity contribution < 1.29 is 14.6 Å². The molecule has 88 valence electrons. The van der Waals surface area contributed by atoms with E-state index in [0.29, 0.717) is 6.61 Å². The number of rotatable bonds is 4. The standard InChI is InChI=1S/C12H17NO3/c1-3-16-12(15)13-9(2)11(14)10-7-5-4-6-8-10/h4-9,11,14H,3H2,1-2H3,(H,13,15)/t9-,11+/m0/s1. The van der Waals surface area contributed by atoms with Crippen LogP contribution in [0.1, 0.15) is 25.5 Å². The molecule has 1 amide bonds. The van der Waals surface area contributed by atoms with E-state index in [2.05, 4.69) is 5.32 Å². The van der Waals surface area contributed by atoms with E-state index in [4.69, 9.17) is 4.74 Å². The van der Waals surface area contributed by atoms with Gasteiger partial charge in [0.1, 0.15) is 0 Å². The first-order valence-corrected chi connectivity index (χ1v) is 5.31. The Bertz CT molecular complexity index is 326. The Labute approximate surface area is 95.2 Å². The summed E-state index contributed by atoms with van der Waals surface area (Å²) in [5.41, 5.74) is 0.770. The molecule has 0 radical (unpaired) electrons. The minimum absolute atomic E-state index is 0.319. The molecule has 1 aromatic rings. The van der Waals surface area contributed by atoms with Gasteiger partial charge in [-0.15, -0.1) is 0 Å². The normalized spacial score (nSPS) is 13.9. The maximum atomic E-state index is 11.1. The third kappa shape index (κ3) is 3.55. The molecule has 1 rings (SSSR count). The van der Waals surface area contributed by atoms with Crippen molar-refractivity contribution in [1.82, 2.24) is 5.32 Å². The zero-order chi connectivity index (χ0) is 12.0. The fraction of sp³-hybridized carbons (Fsp3) is 0.417. The number of nitrogens with one attached hydrogen (secondary N) is 1. The van der Waals surface area contributed by atoms with Crippen molar-refractivity contribution in [3.05, 3.63) is 35.9 Å². The number of carbonyl (C=O) groups is 1. The number of hydrogen-bond acceptors (Lipinski definition) is 3. The molecule has 2 atom stereocenters. The Kier molecular flexibility index (Phi) is 4.79. The van der Waals surface area contributed by atoms with Gasteiger partial charge in [-0.3, -0.25) is 0 Å². The van der Waals surface area contributed by atoms with Gasteiger partial charge >= 0.3 is 6.09 Å². The summed E-state index contributed by atoms with van der Waals surface area (Å²) < 4.78 is 4.74. The molecule has 4 nitrogen and oxygen atoms in total. The molecule has 16 heavy (non-hydrogen) atoms. The quantitative estimate of drug-likeness (QED) is 0.819. The Morgan fingerprint density at radius 3 is 2.62 bits per heavy atom. The first-order chi connectivity index (χ1) is 7.65. The van der Waals surface area contributed by atoms with Gasteiger partial charge in [0.05, 0.1) is 18.8 Å². The molecule has 0 heterocycles. The van der Waals surface area contributed by atoms with Crippen molar-refractivity contribution in [1.29, 1.82) is 0 Å². The van der Waals surface area contributed by atoms with Gasteiger partial charge in [0.25, 0.3) is 0 Å². The smallest absolute Gasteiger partial charge is 0.407 e. The number of amides is 1. The predicted molar refractivity (Wildman–Crippen MR) is 61.0 cm³/mol. The van der Waals surface area contributed by atoms with Gasteiger partial charge in [-0.25, -0.2) is 4.79 Å². The summed E-state index contributed by atoms with van der Waals surface area (Å²) in [6.45, 7) is 3.78. The number of aliphatic hydroxyl groups is 1. The monoisotopic (exact) mass is 223 g/mol. The van der Waals surface area contributed by atoms with Crippen molar-refractivity contribution >= 4 is 6.09 Å². The molecule has 0 saturated heterocycles. The molecule has 0 aromatic heterocycles. The molecule has 0 bridgehead atoms. The predicted octanol–water partition coefficient (Wildman–Crippen LogP) is 1.85. The molecule has 2 N–H and O–H groups in total. The zero-order valence-electron chi connectivity index (χ0n) is 9.51. The lowest BCUT2D eigenvalue weighted by molar-refractivity contribution is 0.113. The molecular weight excluding hydrogens is 206 g/mol. The number of benzene rings is 1. The van der Waals surface area contributed by atoms with Crippen molar-refractivity contribution in [2.75, 3.05) is 6.61 Å². The minimum Gasteiger partial charge on any atom is -0.450 e. The Morgan fingerprint density at radius 2 is 2.06 bits per heavy atom. The summed E-state index contributed by atoms with van der Waals surface area (Å²) in [5.74, 6) is 0. The van der Waals surface area contributed by atoms with Crippen LogP contribution in [0.4, 0.5) is 4.79 Å². The lowest BCUT2D eigenvalue weighted by Gasteiger charge is -2.20. The average molecular weight is 223 g/mol. The van der Waals surface area contributed by atoms with Crippen LogP contribution in [0.5, 0.6) is 0 Å². The number of alkyl carbamates (subject to hydrolysis) is 1. The maximum absolute atomic E-state index is 11.1. The molecule has 0 spiro atoms. The Hall–Kier alpha value is -1.55. The highest BCUT2D eigenvalue weighted by molar-refractivity contribution is 5.67. The van der Waals surface area contributed by atoms with E-state index >= 15 is 0 Å². The SMILES string of the molecule is CCOC(=O)N[C@@H](C)[C@@H](O)c1ccccc1. The summed E-state index contributed by atoms with van der Waals surface area (Å²) in [6, 6.07) is 8.80. The van der Waals surface area contributed by atoms with Crippen LogP contribution in [-0.4, -0.2) is 23.8 Å². The highest BCUT2D eigenvalue weighted by Gasteiger charge is 2.18. The third-order valence-corrected chi connectivity index (χ3v) is 2.24. The fourth-order valence-electron chi connectivity index (χ4n) is 1.38. The van der Waals surface area contributed by atoms with Gasteiger partial charge in [-0.05, 0) is 19.4 Å². The van der Waals surface area contributed by atoms with E-state index in [-0.39, 0.29) is 6.04 Å². The van der Waals surface area contributed by atoms with E-state index < -0.39 is 12.2 Å². The fourth-order valence-corrected chi connectivity index (χ4v) is 1.38. The van der Waals surface area contributed by atoms with Crippen LogP contribution < -0.4 is 5.32 Å². The van der Waals surface area contributed by atoms with Gasteiger partial charge < -0.3 is 15.2 Å². The second-order valence-electron chi connectivity index (χ2n) is 3.51. The molecule has 0 aliphatic rings. The zero-order valence-corrected chi connectivity index (χ0v) is 9.51. The molecule has 0 fully saturated rings. The van der Waals surface area contributed by atoms with E-state index in [1.54, 1.807) is 13.8 Å². The summed E-state index contributed by atoms with van der Waals surface area (Å²) in [4.78, 5) is 11.1. The molecule has 1 aromatic carbocycles. The van der Waals surface area contributed by atoms with Crippen LogP contribution in [0.15, 0.2) is 30.3 Å². The van der Waals surface area contributed by atoms with E-state index in [1.807, 2.05) is 30.3 Å². The number of ether oxygens (including phenoxy) is 1. The van der Waals surface area contributed by atoms with Crippen LogP contribution in [0.3, 0.4) is 0 Å². The second kappa shape index (κ2) is 6.12. The van der Waals surface area contributed by atoms with Crippen LogP contribution in [0.25, 0.3) is 0 Å². The van der Waals surface area contributed by atoms with E-state index in [1.165, 1.54) is 0 Å². The van der Waals surface area contributed by atoms with Crippen molar-refractivity contribution in [2.24, 2.45) is 0 Å². The summed E-state index contributed by atoms with van der Waals surface area (Å²) in [6.07, 6.45) is -1.24. The number of carbonyl (C=O) groups excluding carboxylic acids is 1. The molecular formula is C12H17NO3. The Morgan fingerprint density at radius 1 is 1.44 bits per heavy atom. The van der Waals surface area contributed by atoms with E-state index in [9.17, 15) is 9.90 Å². The summed E-state index contributed by atoms with van der Waals surface area (Å²) >= 11 is 0. The highest BCUT2D eigenvalue weighted by atomic mass is 16.5.